The van der Waals surface area contributed by atoms with E-state index < -0.39 is 0 Å². The van der Waals surface area contributed by atoms with Crippen molar-refractivity contribution in [2.45, 2.75) is 25.8 Å². The minimum absolute atomic E-state index is 0.111. The fourth-order valence-corrected chi connectivity index (χ4v) is 3.22. The van der Waals surface area contributed by atoms with E-state index in [1.54, 1.807) is 0 Å². The van der Waals surface area contributed by atoms with Crippen molar-refractivity contribution < 1.29 is 4.79 Å². The zero-order valence-corrected chi connectivity index (χ0v) is 13.8. The largest absolute Gasteiger partial charge is 0.360 e. The summed E-state index contributed by atoms with van der Waals surface area (Å²) < 4.78 is 0. The molecule has 1 fully saturated rings. The van der Waals surface area contributed by atoms with Crippen LogP contribution in [0.5, 0.6) is 0 Å². The van der Waals surface area contributed by atoms with Crippen LogP contribution < -0.4 is 4.90 Å². The van der Waals surface area contributed by atoms with Gasteiger partial charge in [0.1, 0.15) is 5.82 Å². The average Bonchev–Trinajstić information content (AvgIpc) is 3.10. The molecule has 120 valence electrons. The van der Waals surface area contributed by atoms with Crippen LogP contribution in [0, 0.1) is 0 Å². The van der Waals surface area contributed by atoms with Gasteiger partial charge in [0.05, 0.1) is 6.04 Å². The highest BCUT2D eigenvalue weighted by atomic mass is 16.2. The van der Waals surface area contributed by atoms with Gasteiger partial charge in [-0.3, -0.25) is 4.79 Å². The Kier molecular flexibility index (Phi) is 4.60. The molecule has 1 aromatic heterocycles. The molecule has 0 saturated carbocycles. The van der Waals surface area contributed by atoms with Crippen LogP contribution in [-0.4, -0.2) is 35.9 Å². The molecule has 0 N–H and O–H groups in total. The summed E-state index contributed by atoms with van der Waals surface area (Å²) in [5.74, 6) is 1.09. The molecule has 4 nitrogen and oxygen atoms in total. The van der Waals surface area contributed by atoms with E-state index in [-0.39, 0.29) is 11.9 Å². The Morgan fingerprint density at radius 2 is 2.04 bits per heavy atom. The molecule has 0 unspecified atom stereocenters. The number of carbonyl (C=O) groups is 1. The molecule has 1 aliphatic rings. The summed E-state index contributed by atoms with van der Waals surface area (Å²) in [6.45, 7) is 3.81. The summed E-state index contributed by atoms with van der Waals surface area (Å²) >= 11 is 0. The van der Waals surface area contributed by atoms with Crippen LogP contribution in [0.2, 0.25) is 0 Å². The summed E-state index contributed by atoms with van der Waals surface area (Å²) in [6, 6.07) is 13.7. The first-order chi connectivity index (χ1) is 11.2. The Hall–Kier alpha value is -2.36. The van der Waals surface area contributed by atoms with Crippen molar-refractivity contribution in [3.8, 4) is 0 Å². The molecule has 1 amide bonds. The summed E-state index contributed by atoms with van der Waals surface area (Å²) in [4.78, 5) is 21.6. The number of aromatic nitrogens is 1. The number of amides is 1. The highest BCUT2D eigenvalue weighted by molar-refractivity contribution is 5.94. The predicted molar refractivity (Wildman–Crippen MR) is 92.6 cm³/mol. The smallest absolute Gasteiger partial charge is 0.254 e. The van der Waals surface area contributed by atoms with Gasteiger partial charge in [-0.05, 0) is 38.0 Å². The second-order valence-electron chi connectivity index (χ2n) is 5.95. The molecule has 3 rings (SSSR count). The molecule has 1 aliphatic heterocycles. The molecule has 2 aromatic rings. The van der Waals surface area contributed by atoms with Crippen LogP contribution in [0.15, 0.2) is 48.7 Å². The van der Waals surface area contributed by atoms with Gasteiger partial charge in [-0.2, -0.15) is 0 Å². The van der Waals surface area contributed by atoms with Crippen molar-refractivity contribution >= 4 is 11.7 Å². The first-order valence-corrected chi connectivity index (χ1v) is 8.24. The summed E-state index contributed by atoms with van der Waals surface area (Å²) in [5, 5.41) is 0. The molecule has 23 heavy (non-hydrogen) atoms. The first kappa shape index (κ1) is 15.5. The van der Waals surface area contributed by atoms with E-state index in [1.165, 1.54) is 0 Å². The van der Waals surface area contributed by atoms with E-state index in [0.717, 1.165) is 42.9 Å². The number of pyridine rings is 1. The van der Waals surface area contributed by atoms with E-state index in [9.17, 15) is 4.79 Å². The Labute approximate surface area is 137 Å². The highest BCUT2D eigenvalue weighted by Crippen LogP contribution is 2.36. The van der Waals surface area contributed by atoms with Crippen LogP contribution in [0.25, 0.3) is 0 Å². The van der Waals surface area contributed by atoms with Gasteiger partial charge < -0.3 is 9.80 Å². The van der Waals surface area contributed by atoms with E-state index in [2.05, 4.69) is 22.9 Å². The molecular weight excluding hydrogens is 286 g/mol. The number of hydrogen-bond acceptors (Lipinski definition) is 3. The second-order valence-corrected chi connectivity index (χ2v) is 5.95. The Bertz CT molecular complexity index is 671. The average molecular weight is 309 g/mol. The van der Waals surface area contributed by atoms with Crippen molar-refractivity contribution in [2.24, 2.45) is 0 Å². The Morgan fingerprint density at radius 3 is 2.78 bits per heavy atom. The molecule has 1 saturated heterocycles. The molecule has 1 aromatic carbocycles. The van der Waals surface area contributed by atoms with Gasteiger partial charge >= 0.3 is 0 Å². The van der Waals surface area contributed by atoms with Crippen molar-refractivity contribution in [1.29, 1.82) is 0 Å². The van der Waals surface area contributed by atoms with Crippen molar-refractivity contribution in [1.82, 2.24) is 9.88 Å². The van der Waals surface area contributed by atoms with Gasteiger partial charge in [0.2, 0.25) is 0 Å². The number of hydrogen-bond donors (Lipinski definition) is 0. The summed E-state index contributed by atoms with van der Waals surface area (Å²) in [5.41, 5.74) is 1.91. The molecule has 0 radical (unpaired) electrons. The fourth-order valence-electron chi connectivity index (χ4n) is 3.22. The van der Waals surface area contributed by atoms with Gasteiger partial charge in [-0.1, -0.05) is 24.3 Å². The van der Waals surface area contributed by atoms with Crippen LogP contribution in [0.1, 0.15) is 41.7 Å². The lowest BCUT2D eigenvalue weighted by molar-refractivity contribution is 0.0736. The number of anilines is 1. The SMILES string of the molecule is CCN(C)c1ncccc1[C@H]1CCCN1C(=O)c1ccccc1. The lowest BCUT2D eigenvalue weighted by Crippen LogP contribution is -2.32. The standard InChI is InChI=1S/C19H23N3O/c1-3-21(2)18-16(11-7-13-20-18)17-12-8-14-22(17)19(23)15-9-5-4-6-10-15/h4-7,9-11,13,17H,3,8,12,14H2,1-2H3/t17-/m1/s1. The lowest BCUT2D eigenvalue weighted by Gasteiger charge is -2.28. The summed E-state index contributed by atoms with van der Waals surface area (Å²) in [7, 11) is 2.05. The Morgan fingerprint density at radius 1 is 1.26 bits per heavy atom. The van der Waals surface area contributed by atoms with Crippen molar-refractivity contribution in [3.05, 3.63) is 59.8 Å². The molecule has 2 heterocycles. The number of nitrogens with zero attached hydrogens (tertiary/aromatic N) is 3. The summed E-state index contributed by atoms with van der Waals surface area (Å²) in [6.07, 6.45) is 3.85. The van der Waals surface area contributed by atoms with E-state index in [1.807, 2.05) is 54.5 Å². The maximum absolute atomic E-state index is 12.9. The molecule has 1 atom stereocenters. The first-order valence-electron chi connectivity index (χ1n) is 8.24. The number of rotatable bonds is 4. The minimum Gasteiger partial charge on any atom is -0.360 e. The van der Waals surface area contributed by atoms with E-state index in [0.29, 0.717) is 0 Å². The molecule has 0 bridgehead atoms. The van der Waals surface area contributed by atoms with Crippen LogP contribution >= 0.6 is 0 Å². The minimum atomic E-state index is 0.111. The Balaban J connectivity index is 1.92. The molecular formula is C19H23N3O. The van der Waals surface area contributed by atoms with Gasteiger partial charge in [0.25, 0.3) is 5.91 Å². The lowest BCUT2D eigenvalue weighted by atomic mass is 10.0. The molecule has 0 spiro atoms. The predicted octanol–water partition coefficient (Wildman–Crippen LogP) is 3.52. The van der Waals surface area contributed by atoms with E-state index in [4.69, 9.17) is 0 Å². The number of likely N-dealkylation sites (tertiary alicyclic amines) is 1. The van der Waals surface area contributed by atoms with Gasteiger partial charge in [0.15, 0.2) is 0 Å². The number of carbonyl (C=O) groups excluding carboxylic acids is 1. The quantitative estimate of drug-likeness (QED) is 0.867. The zero-order chi connectivity index (χ0) is 16.2. The maximum atomic E-state index is 12.9. The van der Waals surface area contributed by atoms with Gasteiger partial charge in [-0.25, -0.2) is 4.98 Å². The van der Waals surface area contributed by atoms with Crippen molar-refractivity contribution in [3.63, 3.8) is 0 Å². The molecule has 0 aliphatic carbocycles. The normalized spacial score (nSPS) is 17.3. The van der Waals surface area contributed by atoms with E-state index >= 15 is 0 Å². The van der Waals surface area contributed by atoms with Gasteiger partial charge in [0, 0.05) is 37.5 Å². The highest BCUT2D eigenvalue weighted by Gasteiger charge is 2.32. The zero-order valence-electron chi connectivity index (χ0n) is 13.8. The third-order valence-corrected chi connectivity index (χ3v) is 4.55. The van der Waals surface area contributed by atoms with Crippen LogP contribution in [-0.2, 0) is 0 Å². The fraction of sp³-hybridized carbons (Fsp3) is 0.368. The van der Waals surface area contributed by atoms with Crippen LogP contribution in [0.4, 0.5) is 5.82 Å². The second kappa shape index (κ2) is 6.82. The third-order valence-electron chi connectivity index (χ3n) is 4.55. The van der Waals surface area contributed by atoms with Crippen molar-refractivity contribution in [2.75, 3.05) is 25.0 Å². The monoisotopic (exact) mass is 309 g/mol. The molecule has 4 heteroatoms. The third kappa shape index (κ3) is 3.07. The maximum Gasteiger partial charge on any atom is 0.254 e. The van der Waals surface area contributed by atoms with Gasteiger partial charge in [-0.15, -0.1) is 0 Å². The van der Waals surface area contributed by atoms with Crippen LogP contribution in [0.3, 0.4) is 0 Å². The topological polar surface area (TPSA) is 36.4 Å². The number of benzene rings is 1.